The number of benzene rings is 1. The van der Waals surface area contributed by atoms with Crippen molar-refractivity contribution < 1.29 is 0 Å². The van der Waals surface area contributed by atoms with Crippen LogP contribution >= 0.6 is 0 Å². The molecule has 2 nitrogen and oxygen atoms in total. The first-order valence-corrected chi connectivity index (χ1v) is 6.86. The van der Waals surface area contributed by atoms with Crippen LogP contribution in [0.2, 0.25) is 0 Å². The predicted molar refractivity (Wildman–Crippen MR) is 74.2 cm³/mol. The molecular formula is C15H24N2. The Kier molecular flexibility index (Phi) is 4.06. The van der Waals surface area contributed by atoms with Crippen LogP contribution in [0, 0.1) is 0 Å². The molecule has 2 heteroatoms. The minimum absolute atomic E-state index is 0.608. The van der Waals surface area contributed by atoms with E-state index in [1.807, 2.05) is 6.07 Å². The molecule has 1 aromatic rings. The number of nitrogens with two attached hydrogens (primary N) is 1. The molecule has 1 atom stereocenters. The zero-order valence-electron chi connectivity index (χ0n) is 11.0. The van der Waals surface area contributed by atoms with Gasteiger partial charge >= 0.3 is 0 Å². The molecule has 1 aliphatic carbocycles. The van der Waals surface area contributed by atoms with Gasteiger partial charge in [-0.15, -0.1) is 0 Å². The molecule has 0 aromatic heterocycles. The van der Waals surface area contributed by atoms with E-state index in [0.29, 0.717) is 12.1 Å². The van der Waals surface area contributed by atoms with Crippen molar-refractivity contribution in [3.05, 3.63) is 29.3 Å². The lowest BCUT2D eigenvalue weighted by molar-refractivity contribution is 0.378. The minimum Gasteiger partial charge on any atom is -0.398 e. The van der Waals surface area contributed by atoms with Crippen molar-refractivity contribution in [1.29, 1.82) is 0 Å². The Bertz CT molecular complexity index is 369. The van der Waals surface area contributed by atoms with E-state index in [2.05, 4.69) is 31.3 Å². The molecule has 94 valence electrons. The van der Waals surface area contributed by atoms with E-state index in [0.717, 1.165) is 18.5 Å². The van der Waals surface area contributed by atoms with Gasteiger partial charge in [-0.2, -0.15) is 0 Å². The number of rotatable bonds is 4. The molecule has 0 aliphatic heterocycles. The van der Waals surface area contributed by atoms with E-state index in [1.54, 1.807) is 0 Å². The van der Waals surface area contributed by atoms with Gasteiger partial charge in [-0.05, 0) is 49.3 Å². The zero-order chi connectivity index (χ0) is 12.3. The van der Waals surface area contributed by atoms with Gasteiger partial charge in [0.1, 0.15) is 0 Å². The highest BCUT2D eigenvalue weighted by atomic mass is 14.9. The second-order valence-electron chi connectivity index (χ2n) is 5.10. The largest absolute Gasteiger partial charge is 0.398 e. The third-order valence-electron chi connectivity index (χ3n) is 3.98. The summed E-state index contributed by atoms with van der Waals surface area (Å²) >= 11 is 0. The molecule has 2 rings (SSSR count). The van der Waals surface area contributed by atoms with Gasteiger partial charge in [-0.1, -0.05) is 26.0 Å². The molecule has 0 radical (unpaired) electrons. The van der Waals surface area contributed by atoms with E-state index in [9.17, 15) is 0 Å². The first kappa shape index (κ1) is 12.4. The molecule has 3 N–H and O–H groups in total. The van der Waals surface area contributed by atoms with E-state index < -0.39 is 0 Å². The van der Waals surface area contributed by atoms with Crippen molar-refractivity contribution in [3.63, 3.8) is 0 Å². The summed E-state index contributed by atoms with van der Waals surface area (Å²) in [5.41, 5.74) is 9.87. The quantitative estimate of drug-likeness (QED) is 0.783. The Labute approximate surface area is 105 Å². The summed E-state index contributed by atoms with van der Waals surface area (Å²) in [5.74, 6) is 0. The van der Waals surface area contributed by atoms with Crippen LogP contribution < -0.4 is 11.1 Å². The fourth-order valence-corrected chi connectivity index (χ4v) is 2.82. The highest BCUT2D eigenvalue weighted by Crippen LogP contribution is 2.26. The van der Waals surface area contributed by atoms with Gasteiger partial charge in [-0.3, -0.25) is 0 Å². The van der Waals surface area contributed by atoms with Crippen LogP contribution in [0.15, 0.2) is 18.2 Å². The van der Waals surface area contributed by atoms with E-state index in [-0.39, 0.29) is 0 Å². The summed E-state index contributed by atoms with van der Waals surface area (Å²) in [7, 11) is 0. The summed E-state index contributed by atoms with van der Waals surface area (Å²) in [5, 5.41) is 3.77. The van der Waals surface area contributed by atoms with Crippen LogP contribution in [0.3, 0.4) is 0 Å². The van der Waals surface area contributed by atoms with Crippen LogP contribution in [0.4, 0.5) is 5.69 Å². The van der Waals surface area contributed by atoms with Crippen LogP contribution in [0.1, 0.15) is 44.2 Å². The average Bonchev–Trinajstić information content (AvgIpc) is 2.37. The zero-order valence-corrected chi connectivity index (χ0v) is 11.0. The molecule has 0 bridgehead atoms. The van der Waals surface area contributed by atoms with Gasteiger partial charge in [-0.25, -0.2) is 0 Å². The first-order chi connectivity index (χ1) is 8.24. The number of fused-ring (bicyclic) bond motifs is 1. The van der Waals surface area contributed by atoms with Crippen molar-refractivity contribution >= 4 is 5.69 Å². The van der Waals surface area contributed by atoms with Crippen molar-refractivity contribution in [1.82, 2.24) is 5.32 Å². The second-order valence-corrected chi connectivity index (χ2v) is 5.10. The number of hydrogen-bond acceptors (Lipinski definition) is 2. The normalized spacial score (nSPS) is 19.4. The topological polar surface area (TPSA) is 38.0 Å². The van der Waals surface area contributed by atoms with Gasteiger partial charge < -0.3 is 11.1 Å². The van der Waals surface area contributed by atoms with E-state index in [1.165, 1.54) is 30.4 Å². The molecular weight excluding hydrogens is 208 g/mol. The number of anilines is 1. The molecule has 0 amide bonds. The van der Waals surface area contributed by atoms with Gasteiger partial charge in [0.05, 0.1) is 0 Å². The summed E-state index contributed by atoms with van der Waals surface area (Å²) in [4.78, 5) is 0. The highest BCUT2D eigenvalue weighted by Gasteiger charge is 2.21. The van der Waals surface area contributed by atoms with E-state index >= 15 is 0 Å². The maximum atomic E-state index is 6.07. The average molecular weight is 232 g/mol. The number of aryl methyl sites for hydroxylation is 1. The molecule has 0 spiro atoms. The standard InChI is InChI=1S/C15H24N2/c1-3-12(4-2)17-13-9-8-11-6-5-7-15(16)14(11)10-13/h5-7,12-13,17H,3-4,8-10,16H2,1-2H3. The van der Waals surface area contributed by atoms with E-state index in [4.69, 9.17) is 5.73 Å². The fraction of sp³-hybridized carbons (Fsp3) is 0.600. The lowest BCUT2D eigenvalue weighted by Gasteiger charge is -2.29. The molecule has 1 aliphatic rings. The number of hydrogen-bond donors (Lipinski definition) is 2. The van der Waals surface area contributed by atoms with Crippen LogP contribution in [0.25, 0.3) is 0 Å². The SMILES string of the molecule is CCC(CC)NC1CCc2cccc(N)c2C1. The van der Waals surface area contributed by atoms with Crippen molar-refractivity contribution in [2.75, 3.05) is 5.73 Å². The summed E-state index contributed by atoms with van der Waals surface area (Å²) in [6, 6.07) is 7.59. The van der Waals surface area contributed by atoms with Gasteiger partial charge in [0.15, 0.2) is 0 Å². The van der Waals surface area contributed by atoms with Crippen molar-refractivity contribution in [2.45, 2.75) is 58.0 Å². The molecule has 0 saturated heterocycles. The van der Waals surface area contributed by atoms with Crippen molar-refractivity contribution in [3.8, 4) is 0 Å². The molecule has 0 saturated carbocycles. The number of nitrogen functional groups attached to an aromatic ring is 1. The number of nitrogens with one attached hydrogen (secondary N) is 1. The van der Waals surface area contributed by atoms with Crippen molar-refractivity contribution in [2.24, 2.45) is 0 Å². The minimum atomic E-state index is 0.608. The summed E-state index contributed by atoms with van der Waals surface area (Å²) in [6.07, 6.45) is 5.93. The fourth-order valence-electron chi connectivity index (χ4n) is 2.82. The third kappa shape index (κ3) is 2.81. The molecule has 0 heterocycles. The Hall–Kier alpha value is -1.02. The first-order valence-electron chi connectivity index (χ1n) is 6.86. The Morgan fingerprint density at radius 3 is 2.82 bits per heavy atom. The van der Waals surface area contributed by atoms with Gasteiger partial charge in [0.2, 0.25) is 0 Å². The van der Waals surface area contributed by atoms with Crippen LogP contribution in [0.5, 0.6) is 0 Å². The second kappa shape index (κ2) is 5.54. The molecule has 0 fully saturated rings. The maximum absolute atomic E-state index is 6.07. The molecule has 1 unspecified atom stereocenters. The lowest BCUT2D eigenvalue weighted by Crippen LogP contribution is -2.41. The summed E-state index contributed by atoms with van der Waals surface area (Å²) < 4.78 is 0. The Balaban J connectivity index is 2.05. The monoisotopic (exact) mass is 232 g/mol. The molecule has 1 aromatic carbocycles. The summed E-state index contributed by atoms with van der Waals surface area (Å²) in [6.45, 7) is 4.51. The highest BCUT2D eigenvalue weighted by molar-refractivity contribution is 5.52. The predicted octanol–water partition coefficient (Wildman–Crippen LogP) is 2.90. The Morgan fingerprint density at radius 1 is 1.35 bits per heavy atom. The molecule has 17 heavy (non-hydrogen) atoms. The Morgan fingerprint density at radius 2 is 2.12 bits per heavy atom. The van der Waals surface area contributed by atoms with Gasteiger partial charge in [0.25, 0.3) is 0 Å². The van der Waals surface area contributed by atoms with Crippen LogP contribution in [-0.2, 0) is 12.8 Å². The smallest absolute Gasteiger partial charge is 0.0349 e. The van der Waals surface area contributed by atoms with Crippen LogP contribution in [-0.4, -0.2) is 12.1 Å². The lowest BCUT2D eigenvalue weighted by atomic mass is 9.86. The van der Waals surface area contributed by atoms with Gasteiger partial charge in [0, 0.05) is 17.8 Å². The third-order valence-corrected chi connectivity index (χ3v) is 3.98. The maximum Gasteiger partial charge on any atom is 0.0349 e.